The van der Waals surface area contributed by atoms with Crippen molar-refractivity contribution >= 4 is 23.7 Å². The predicted molar refractivity (Wildman–Crippen MR) is 76.3 cm³/mol. The van der Waals surface area contributed by atoms with Crippen LogP contribution in [-0.4, -0.2) is 30.4 Å². The van der Waals surface area contributed by atoms with Gasteiger partial charge in [-0.2, -0.15) is 0 Å². The van der Waals surface area contributed by atoms with Gasteiger partial charge in [0.15, 0.2) is 0 Å². The second kappa shape index (κ2) is 6.79. The number of carbonyl (C=O) groups excluding carboxylic acids is 2. The molecule has 4 nitrogen and oxygen atoms in total. The topological polar surface area (TPSA) is 52.6 Å². The third-order valence-corrected chi connectivity index (χ3v) is 4.49. The molecular weight excluding hydrogens is 276 g/mol. The lowest BCUT2D eigenvalue weighted by Gasteiger charge is -2.00. The first-order valence-electron chi connectivity index (χ1n) is 6.74. The molecular formula is C15H18O4S. The second-order valence-corrected chi connectivity index (χ2v) is 5.70. The molecule has 108 valence electrons. The van der Waals surface area contributed by atoms with Crippen molar-refractivity contribution < 1.29 is 19.1 Å². The van der Waals surface area contributed by atoms with Crippen LogP contribution in [0.2, 0.25) is 0 Å². The molecule has 1 aromatic carbocycles. The van der Waals surface area contributed by atoms with E-state index in [1.54, 1.807) is 13.8 Å². The van der Waals surface area contributed by atoms with Gasteiger partial charge in [0.25, 0.3) is 0 Å². The average Bonchev–Trinajstić information content (AvgIpc) is 3.14. The van der Waals surface area contributed by atoms with E-state index in [4.69, 9.17) is 9.47 Å². The number of hydrogen-bond acceptors (Lipinski definition) is 5. The van der Waals surface area contributed by atoms with Crippen LogP contribution in [0.15, 0.2) is 35.2 Å². The first kappa shape index (κ1) is 14.9. The van der Waals surface area contributed by atoms with Crippen molar-refractivity contribution in [1.82, 2.24) is 0 Å². The van der Waals surface area contributed by atoms with Crippen LogP contribution in [0.5, 0.6) is 0 Å². The van der Waals surface area contributed by atoms with Crippen molar-refractivity contribution in [2.45, 2.75) is 24.0 Å². The lowest BCUT2D eigenvalue weighted by molar-refractivity contribution is -0.150. The Balaban J connectivity index is 2.05. The summed E-state index contributed by atoms with van der Waals surface area (Å²) in [6, 6.07) is 9.73. The standard InChI is InChI=1S/C15H18O4S/c1-3-18-14(16)11-12(15(17)19-4-2)13(11)20-10-8-6-5-7-9-10/h5-9,11-13H,3-4H2,1-2H3/t11-,12-/m1/s1. The molecule has 0 spiro atoms. The first-order chi connectivity index (χ1) is 9.69. The highest BCUT2D eigenvalue weighted by atomic mass is 32.2. The van der Waals surface area contributed by atoms with Crippen molar-refractivity contribution in [3.05, 3.63) is 30.3 Å². The fraction of sp³-hybridized carbons (Fsp3) is 0.467. The van der Waals surface area contributed by atoms with Gasteiger partial charge in [0, 0.05) is 10.1 Å². The third kappa shape index (κ3) is 3.33. The van der Waals surface area contributed by atoms with E-state index in [1.807, 2.05) is 30.3 Å². The van der Waals surface area contributed by atoms with E-state index in [1.165, 1.54) is 11.8 Å². The third-order valence-electron chi connectivity index (χ3n) is 3.09. The molecule has 1 aromatic rings. The van der Waals surface area contributed by atoms with E-state index in [9.17, 15) is 9.59 Å². The fourth-order valence-electron chi connectivity index (χ4n) is 2.12. The Labute approximate surface area is 122 Å². The van der Waals surface area contributed by atoms with Gasteiger partial charge in [-0.1, -0.05) is 18.2 Å². The quantitative estimate of drug-likeness (QED) is 0.755. The minimum Gasteiger partial charge on any atom is -0.466 e. The van der Waals surface area contributed by atoms with E-state index in [2.05, 4.69) is 0 Å². The summed E-state index contributed by atoms with van der Waals surface area (Å²) in [6.07, 6.45) is 0. The molecule has 1 aliphatic rings. The molecule has 2 rings (SSSR count). The molecule has 0 amide bonds. The molecule has 0 aliphatic heterocycles. The Morgan fingerprint density at radius 2 is 1.50 bits per heavy atom. The van der Waals surface area contributed by atoms with Gasteiger partial charge in [-0.15, -0.1) is 11.8 Å². The van der Waals surface area contributed by atoms with Crippen molar-refractivity contribution in [3.8, 4) is 0 Å². The lowest BCUT2D eigenvalue weighted by atomic mass is 10.3. The largest absolute Gasteiger partial charge is 0.466 e. The summed E-state index contributed by atoms with van der Waals surface area (Å²) in [5, 5.41) is -0.0875. The van der Waals surface area contributed by atoms with E-state index in [-0.39, 0.29) is 29.0 Å². The van der Waals surface area contributed by atoms with E-state index < -0.39 is 0 Å². The summed E-state index contributed by atoms with van der Waals surface area (Å²) in [7, 11) is 0. The zero-order valence-corrected chi connectivity index (χ0v) is 12.4. The van der Waals surface area contributed by atoms with Crippen molar-refractivity contribution in [1.29, 1.82) is 0 Å². The van der Waals surface area contributed by atoms with E-state index >= 15 is 0 Å². The lowest BCUT2D eigenvalue weighted by Crippen LogP contribution is -2.13. The first-order valence-corrected chi connectivity index (χ1v) is 7.62. The molecule has 0 heterocycles. The van der Waals surface area contributed by atoms with Gasteiger partial charge < -0.3 is 9.47 Å². The van der Waals surface area contributed by atoms with Crippen LogP contribution in [0.4, 0.5) is 0 Å². The molecule has 1 aliphatic carbocycles. The predicted octanol–water partition coefficient (Wildman–Crippen LogP) is 2.52. The Hall–Kier alpha value is -1.49. The summed E-state index contributed by atoms with van der Waals surface area (Å²) in [5.74, 6) is -1.39. The molecule has 1 saturated carbocycles. The molecule has 5 heteroatoms. The smallest absolute Gasteiger partial charge is 0.311 e. The number of esters is 2. The number of hydrogen-bond donors (Lipinski definition) is 0. The van der Waals surface area contributed by atoms with Crippen LogP contribution in [-0.2, 0) is 19.1 Å². The molecule has 0 aromatic heterocycles. The minimum atomic E-state index is -0.390. The Bertz CT molecular complexity index is 450. The monoisotopic (exact) mass is 294 g/mol. The van der Waals surface area contributed by atoms with Gasteiger partial charge in [0.2, 0.25) is 0 Å². The molecule has 1 fully saturated rings. The summed E-state index contributed by atoms with van der Waals surface area (Å²) in [5.41, 5.74) is 0. The van der Waals surface area contributed by atoms with Crippen LogP contribution in [0, 0.1) is 11.8 Å². The van der Waals surface area contributed by atoms with Crippen LogP contribution in [0.3, 0.4) is 0 Å². The van der Waals surface area contributed by atoms with Crippen molar-refractivity contribution in [3.63, 3.8) is 0 Å². The van der Waals surface area contributed by atoms with E-state index in [0.29, 0.717) is 13.2 Å². The zero-order valence-electron chi connectivity index (χ0n) is 11.6. The van der Waals surface area contributed by atoms with Gasteiger partial charge in [0.1, 0.15) is 0 Å². The summed E-state index contributed by atoms with van der Waals surface area (Å²) in [6.45, 7) is 4.18. The Morgan fingerprint density at radius 3 is 1.95 bits per heavy atom. The molecule has 2 atom stereocenters. The van der Waals surface area contributed by atoms with Crippen molar-refractivity contribution in [2.75, 3.05) is 13.2 Å². The molecule has 0 N–H and O–H groups in total. The van der Waals surface area contributed by atoms with Gasteiger partial charge in [0.05, 0.1) is 25.0 Å². The molecule has 0 bridgehead atoms. The molecule has 0 saturated heterocycles. The zero-order chi connectivity index (χ0) is 14.5. The summed E-state index contributed by atoms with van der Waals surface area (Å²) >= 11 is 1.53. The van der Waals surface area contributed by atoms with Gasteiger partial charge in [-0.3, -0.25) is 9.59 Å². The maximum atomic E-state index is 11.9. The van der Waals surface area contributed by atoms with E-state index in [0.717, 1.165) is 4.90 Å². The second-order valence-electron chi connectivity index (χ2n) is 4.45. The minimum absolute atomic E-state index is 0.0875. The van der Waals surface area contributed by atoms with Crippen LogP contribution < -0.4 is 0 Å². The van der Waals surface area contributed by atoms with Crippen LogP contribution >= 0.6 is 11.8 Å². The summed E-state index contributed by atoms with van der Waals surface area (Å²) in [4.78, 5) is 24.8. The van der Waals surface area contributed by atoms with Crippen LogP contribution in [0.25, 0.3) is 0 Å². The van der Waals surface area contributed by atoms with Gasteiger partial charge in [-0.25, -0.2) is 0 Å². The molecule has 20 heavy (non-hydrogen) atoms. The molecule has 0 radical (unpaired) electrons. The number of carbonyl (C=O) groups is 2. The normalized spacial score (nSPS) is 24.0. The van der Waals surface area contributed by atoms with Gasteiger partial charge in [-0.05, 0) is 26.0 Å². The summed E-state index contributed by atoms with van der Waals surface area (Å²) < 4.78 is 10.1. The molecule has 0 unspecified atom stereocenters. The van der Waals surface area contributed by atoms with Gasteiger partial charge >= 0.3 is 11.9 Å². The average molecular weight is 294 g/mol. The maximum Gasteiger partial charge on any atom is 0.311 e. The SMILES string of the molecule is CCOC(=O)[C@H]1C(Sc2ccccc2)[C@@H]1C(=O)OCC. The Kier molecular flexibility index (Phi) is 5.06. The maximum absolute atomic E-state index is 11.9. The number of ether oxygens (including phenoxy) is 2. The highest BCUT2D eigenvalue weighted by molar-refractivity contribution is 8.00. The number of benzene rings is 1. The number of rotatable bonds is 6. The Morgan fingerprint density at radius 1 is 1.00 bits per heavy atom. The van der Waals surface area contributed by atoms with Crippen molar-refractivity contribution in [2.24, 2.45) is 11.8 Å². The highest BCUT2D eigenvalue weighted by Crippen LogP contribution is 2.52. The number of thioether (sulfide) groups is 1. The fourth-order valence-corrected chi connectivity index (χ4v) is 3.52. The highest BCUT2D eigenvalue weighted by Gasteiger charge is 2.61. The van der Waals surface area contributed by atoms with Crippen LogP contribution in [0.1, 0.15) is 13.8 Å².